The molecule has 1 heterocycles. The van der Waals surface area contributed by atoms with Gasteiger partial charge in [-0.15, -0.1) is 0 Å². The molecular formula is C14H16ClN3O. The zero-order valence-electron chi connectivity index (χ0n) is 10.7. The molecule has 0 aliphatic rings. The van der Waals surface area contributed by atoms with Gasteiger partial charge in [0.15, 0.2) is 0 Å². The Labute approximate surface area is 117 Å². The van der Waals surface area contributed by atoms with E-state index in [1.807, 2.05) is 19.1 Å². The number of rotatable bonds is 5. The first kappa shape index (κ1) is 13.6. The molecule has 2 rings (SSSR count). The van der Waals surface area contributed by atoms with Gasteiger partial charge in [0.25, 0.3) is 5.91 Å². The lowest BCUT2D eigenvalue weighted by atomic mass is 10.1. The largest absolute Gasteiger partial charge is 0.352 e. The van der Waals surface area contributed by atoms with Crippen molar-refractivity contribution in [1.82, 2.24) is 15.3 Å². The predicted molar refractivity (Wildman–Crippen MR) is 75.4 cm³/mol. The Hall–Kier alpha value is -1.81. The summed E-state index contributed by atoms with van der Waals surface area (Å²) in [6.45, 7) is 2.53. The van der Waals surface area contributed by atoms with Gasteiger partial charge in [-0.05, 0) is 37.1 Å². The Bertz CT molecular complexity index is 532. The van der Waals surface area contributed by atoms with Crippen LogP contribution in [0.15, 0.2) is 30.6 Å². The maximum Gasteiger partial charge on any atom is 0.251 e. The van der Waals surface area contributed by atoms with Crippen molar-refractivity contribution in [3.8, 4) is 0 Å². The number of amides is 1. The SMILES string of the molecule is Cc1cc(Cl)cc(C(=O)NCCCc2ncc[nH]2)c1. The van der Waals surface area contributed by atoms with Crippen molar-refractivity contribution in [2.24, 2.45) is 0 Å². The standard InChI is InChI=1S/C14H16ClN3O/c1-10-7-11(9-12(15)8-10)14(19)18-4-2-3-13-16-5-6-17-13/h5-9H,2-4H2,1H3,(H,16,17)(H,18,19). The molecule has 0 radical (unpaired) electrons. The minimum absolute atomic E-state index is 0.0926. The van der Waals surface area contributed by atoms with Crippen LogP contribution < -0.4 is 5.32 Å². The van der Waals surface area contributed by atoms with Crippen molar-refractivity contribution in [1.29, 1.82) is 0 Å². The van der Waals surface area contributed by atoms with E-state index in [2.05, 4.69) is 15.3 Å². The minimum Gasteiger partial charge on any atom is -0.352 e. The topological polar surface area (TPSA) is 57.8 Å². The normalized spacial score (nSPS) is 10.4. The molecule has 4 nitrogen and oxygen atoms in total. The van der Waals surface area contributed by atoms with Gasteiger partial charge in [-0.1, -0.05) is 11.6 Å². The third-order valence-corrected chi connectivity index (χ3v) is 2.95. The molecule has 5 heteroatoms. The molecule has 0 saturated heterocycles. The van der Waals surface area contributed by atoms with E-state index in [-0.39, 0.29) is 5.91 Å². The molecule has 0 aliphatic heterocycles. The monoisotopic (exact) mass is 277 g/mol. The molecule has 1 amide bonds. The third-order valence-electron chi connectivity index (χ3n) is 2.74. The van der Waals surface area contributed by atoms with Crippen LogP contribution in [0.25, 0.3) is 0 Å². The Balaban J connectivity index is 1.80. The highest BCUT2D eigenvalue weighted by Crippen LogP contribution is 2.14. The quantitative estimate of drug-likeness (QED) is 0.826. The van der Waals surface area contributed by atoms with E-state index in [0.717, 1.165) is 24.2 Å². The first-order valence-electron chi connectivity index (χ1n) is 6.19. The summed E-state index contributed by atoms with van der Waals surface area (Å²) in [6, 6.07) is 5.33. The number of aromatic nitrogens is 2. The lowest BCUT2D eigenvalue weighted by molar-refractivity contribution is 0.0953. The van der Waals surface area contributed by atoms with Crippen LogP contribution in [0.2, 0.25) is 5.02 Å². The summed E-state index contributed by atoms with van der Waals surface area (Å²) < 4.78 is 0. The number of nitrogens with zero attached hydrogens (tertiary/aromatic N) is 1. The maximum absolute atomic E-state index is 11.9. The first-order valence-corrected chi connectivity index (χ1v) is 6.56. The number of halogens is 1. The molecule has 0 spiro atoms. The van der Waals surface area contributed by atoms with E-state index in [4.69, 9.17) is 11.6 Å². The van der Waals surface area contributed by atoms with Gasteiger partial charge >= 0.3 is 0 Å². The summed E-state index contributed by atoms with van der Waals surface area (Å²) in [6.07, 6.45) is 5.19. The van der Waals surface area contributed by atoms with Crippen molar-refractivity contribution in [2.45, 2.75) is 19.8 Å². The lowest BCUT2D eigenvalue weighted by Crippen LogP contribution is -2.24. The molecule has 0 fully saturated rings. The molecule has 19 heavy (non-hydrogen) atoms. The van der Waals surface area contributed by atoms with Gasteiger partial charge in [0.05, 0.1) is 0 Å². The smallest absolute Gasteiger partial charge is 0.251 e. The number of benzene rings is 1. The summed E-state index contributed by atoms with van der Waals surface area (Å²) >= 11 is 5.93. The van der Waals surface area contributed by atoms with E-state index in [9.17, 15) is 4.79 Å². The zero-order chi connectivity index (χ0) is 13.7. The molecular weight excluding hydrogens is 262 g/mol. The Kier molecular flexibility index (Phi) is 4.58. The first-order chi connectivity index (χ1) is 9.15. The number of aromatic amines is 1. The van der Waals surface area contributed by atoms with E-state index >= 15 is 0 Å². The molecule has 100 valence electrons. The fourth-order valence-electron chi connectivity index (χ4n) is 1.86. The number of hydrogen-bond donors (Lipinski definition) is 2. The van der Waals surface area contributed by atoms with Crippen LogP contribution in [0.3, 0.4) is 0 Å². The number of imidazole rings is 1. The molecule has 0 unspecified atom stereocenters. The molecule has 0 aliphatic carbocycles. The highest BCUT2D eigenvalue weighted by molar-refractivity contribution is 6.31. The van der Waals surface area contributed by atoms with E-state index in [1.54, 1.807) is 18.5 Å². The van der Waals surface area contributed by atoms with Crippen LogP contribution in [0.5, 0.6) is 0 Å². The summed E-state index contributed by atoms with van der Waals surface area (Å²) in [4.78, 5) is 19.1. The second-order valence-electron chi connectivity index (χ2n) is 4.41. The molecule has 2 N–H and O–H groups in total. The maximum atomic E-state index is 11.9. The van der Waals surface area contributed by atoms with E-state index < -0.39 is 0 Å². The number of nitrogens with one attached hydrogen (secondary N) is 2. The second kappa shape index (κ2) is 6.38. The molecule has 0 atom stereocenters. The Morgan fingerprint density at radius 3 is 2.95 bits per heavy atom. The van der Waals surface area contributed by atoms with Crippen LogP contribution in [-0.4, -0.2) is 22.4 Å². The number of carbonyl (C=O) groups is 1. The summed E-state index contributed by atoms with van der Waals surface area (Å²) in [7, 11) is 0. The fourth-order valence-corrected chi connectivity index (χ4v) is 2.15. The van der Waals surface area contributed by atoms with Crippen LogP contribution in [-0.2, 0) is 6.42 Å². The summed E-state index contributed by atoms with van der Waals surface area (Å²) in [5.74, 6) is 0.845. The fraction of sp³-hybridized carbons (Fsp3) is 0.286. The molecule has 1 aromatic carbocycles. The van der Waals surface area contributed by atoms with Gasteiger partial charge in [-0.25, -0.2) is 4.98 Å². The van der Waals surface area contributed by atoms with Crippen LogP contribution >= 0.6 is 11.6 Å². The van der Waals surface area contributed by atoms with Gasteiger partial charge in [0.2, 0.25) is 0 Å². The summed E-state index contributed by atoms with van der Waals surface area (Å²) in [5.41, 5.74) is 1.58. The van der Waals surface area contributed by atoms with Gasteiger partial charge in [-0.2, -0.15) is 0 Å². The number of aryl methyl sites for hydroxylation is 2. The number of carbonyl (C=O) groups excluding carboxylic acids is 1. The molecule has 1 aromatic heterocycles. The Morgan fingerprint density at radius 2 is 2.26 bits per heavy atom. The van der Waals surface area contributed by atoms with Crippen LogP contribution in [0.1, 0.15) is 28.2 Å². The Morgan fingerprint density at radius 1 is 1.42 bits per heavy atom. The lowest BCUT2D eigenvalue weighted by Gasteiger charge is -2.06. The predicted octanol–water partition coefficient (Wildman–Crippen LogP) is 2.73. The van der Waals surface area contributed by atoms with Crippen molar-refractivity contribution < 1.29 is 4.79 Å². The molecule has 0 saturated carbocycles. The van der Waals surface area contributed by atoms with Crippen molar-refractivity contribution in [3.05, 3.63) is 52.6 Å². The molecule has 2 aromatic rings. The second-order valence-corrected chi connectivity index (χ2v) is 4.85. The third kappa shape index (κ3) is 4.10. The highest BCUT2D eigenvalue weighted by Gasteiger charge is 2.06. The molecule has 0 bridgehead atoms. The highest BCUT2D eigenvalue weighted by atomic mass is 35.5. The average Bonchev–Trinajstić information content (AvgIpc) is 2.86. The zero-order valence-corrected chi connectivity index (χ0v) is 11.5. The van der Waals surface area contributed by atoms with Gasteiger partial charge in [0, 0.05) is 35.9 Å². The summed E-state index contributed by atoms with van der Waals surface area (Å²) in [5, 5.41) is 3.46. The van der Waals surface area contributed by atoms with E-state index in [0.29, 0.717) is 17.1 Å². The van der Waals surface area contributed by atoms with Crippen LogP contribution in [0, 0.1) is 6.92 Å². The van der Waals surface area contributed by atoms with Gasteiger partial charge < -0.3 is 10.3 Å². The number of H-pyrrole nitrogens is 1. The van der Waals surface area contributed by atoms with E-state index in [1.165, 1.54) is 0 Å². The van der Waals surface area contributed by atoms with Crippen LogP contribution in [0.4, 0.5) is 0 Å². The van der Waals surface area contributed by atoms with Crippen molar-refractivity contribution in [3.63, 3.8) is 0 Å². The average molecular weight is 278 g/mol. The van der Waals surface area contributed by atoms with Gasteiger partial charge in [0.1, 0.15) is 5.82 Å². The van der Waals surface area contributed by atoms with Gasteiger partial charge in [-0.3, -0.25) is 4.79 Å². The number of hydrogen-bond acceptors (Lipinski definition) is 2. The van der Waals surface area contributed by atoms with Crippen molar-refractivity contribution >= 4 is 17.5 Å². The minimum atomic E-state index is -0.0926. The van der Waals surface area contributed by atoms with Crippen molar-refractivity contribution in [2.75, 3.05) is 6.54 Å².